The molecule has 0 aromatic heterocycles. The molecule has 0 bridgehead atoms. The summed E-state index contributed by atoms with van der Waals surface area (Å²) in [6, 6.07) is 2.21. The molecular formula is C12H13F2NO3. The first-order valence-electron chi connectivity index (χ1n) is 5.55. The maximum absolute atomic E-state index is 13.6. The molecule has 0 saturated heterocycles. The monoisotopic (exact) mass is 257 g/mol. The van der Waals surface area contributed by atoms with E-state index in [1.807, 2.05) is 0 Å². The van der Waals surface area contributed by atoms with Gasteiger partial charge in [-0.1, -0.05) is 0 Å². The average molecular weight is 257 g/mol. The Morgan fingerprint density at radius 2 is 2.00 bits per heavy atom. The molecule has 0 aliphatic heterocycles. The molecule has 4 nitrogen and oxygen atoms in total. The Bertz CT molecular complexity index is 486. The van der Waals surface area contributed by atoms with E-state index in [0.717, 1.165) is 18.9 Å². The quantitative estimate of drug-likeness (QED) is 0.753. The average Bonchev–Trinajstić information content (AvgIpc) is 3.11. The summed E-state index contributed by atoms with van der Waals surface area (Å²) >= 11 is 0. The fourth-order valence-corrected chi connectivity index (χ4v) is 1.70. The first-order valence-corrected chi connectivity index (χ1v) is 5.55. The summed E-state index contributed by atoms with van der Waals surface area (Å²) in [5, 5.41) is 20.4. The van der Waals surface area contributed by atoms with Crippen LogP contribution >= 0.6 is 0 Å². The molecule has 0 atom stereocenters. The van der Waals surface area contributed by atoms with Crippen molar-refractivity contribution in [1.82, 2.24) is 0 Å². The molecular weight excluding hydrogens is 244 g/mol. The van der Waals surface area contributed by atoms with E-state index in [4.69, 9.17) is 10.2 Å². The van der Waals surface area contributed by atoms with Gasteiger partial charge in [0.2, 0.25) is 0 Å². The third-order valence-corrected chi connectivity index (χ3v) is 3.26. The zero-order valence-electron chi connectivity index (χ0n) is 9.54. The highest BCUT2D eigenvalue weighted by Gasteiger charge is 2.41. The van der Waals surface area contributed by atoms with Crippen LogP contribution in [0.2, 0.25) is 0 Å². The Hall–Kier alpha value is -1.69. The Kier molecular flexibility index (Phi) is 3.21. The predicted molar refractivity (Wildman–Crippen MR) is 60.6 cm³/mol. The number of anilines is 1. The van der Waals surface area contributed by atoms with Crippen molar-refractivity contribution in [3.05, 3.63) is 29.3 Å². The number of rotatable bonds is 5. The number of aromatic carboxylic acids is 1. The van der Waals surface area contributed by atoms with E-state index >= 15 is 0 Å². The fourth-order valence-electron chi connectivity index (χ4n) is 1.70. The summed E-state index contributed by atoms with van der Waals surface area (Å²) in [4.78, 5) is 10.6. The number of aliphatic hydroxyl groups is 1. The highest BCUT2D eigenvalue weighted by Crippen LogP contribution is 2.45. The van der Waals surface area contributed by atoms with Crippen LogP contribution in [0.4, 0.5) is 14.5 Å². The largest absolute Gasteiger partial charge is 0.478 e. The Balaban J connectivity index is 2.14. The van der Waals surface area contributed by atoms with Crippen molar-refractivity contribution in [2.75, 3.05) is 18.5 Å². The summed E-state index contributed by atoms with van der Waals surface area (Å²) < 4.78 is 26.9. The molecule has 98 valence electrons. The second-order valence-electron chi connectivity index (χ2n) is 4.61. The van der Waals surface area contributed by atoms with Gasteiger partial charge < -0.3 is 15.5 Å². The Labute approximate surface area is 102 Å². The van der Waals surface area contributed by atoms with Gasteiger partial charge in [0.25, 0.3) is 0 Å². The molecule has 6 heteroatoms. The molecule has 2 rings (SSSR count). The molecule has 1 aromatic rings. The van der Waals surface area contributed by atoms with Crippen molar-refractivity contribution in [3.8, 4) is 0 Å². The van der Waals surface area contributed by atoms with Crippen LogP contribution in [0, 0.1) is 17.0 Å². The molecule has 0 heterocycles. The van der Waals surface area contributed by atoms with Crippen molar-refractivity contribution in [2.45, 2.75) is 12.8 Å². The van der Waals surface area contributed by atoms with E-state index in [2.05, 4.69) is 5.32 Å². The Morgan fingerprint density at radius 1 is 1.33 bits per heavy atom. The van der Waals surface area contributed by atoms with Crippen molar-refractivity contribution in [2.24, 2.45) is 5.41 Å². The number of benzene rings is 1. The van der Waals surface area contributed by atoms with Gasteiger partial charge >= 0.3 is 5.97 Å². The van der Waals surface area contributed by atoms with E-state index in [1.54, 1.807) is 0 Å². The number of hydrogen-bond acceptors (Lipinski definition) is 3. The number of hydrogen-bond donors (Lipinski definition) is 3. The van der Waals surface area contributed by atoms with Gasteiger partial charge in [0.05, 0.1) is 17.9 Å². The van der Waals surface area contributed by atoms with Crippen LogP contribution < -0.4 is 5.32 Å². The van der Waals surface area contributed by atoms with Crippen LogP contribution in [-0.4, -0.2) is 29.3 Å². The van der Waals surface area contributed by atoms with Crippen molar-refractivity contribution >= 4 is 11.7 Å². The third-order valence-electron chi connectivity index (χ3n) is 3.26. The minimum absolute atomic E-state index is 0.00267. The maximum Gasteiger partial charge on any atom is 0.338 e. The van der Waals surface area contributed by atoms with Crippen LogP contribution in [0.15, 0.2) is 12.1 Å². The van der Waals surface area contributed by atoms with Crippen LogP contribution in [0.25, 0.3) is 0 Å². The number of carbonyl (C=O) groups is 1. The molecule has 0 spiro atoms. The predicted octanol–water partition coefficient (Wildman–Crippen LogP) is 1.85. The van der Waals surface area contributed by atoms with Gasteiger partial charge in [-0.2, -0.15) is 0 Å². The molecule has 1 aromatic carbocycles. The fraction of sp³-hybridized carbons (Fsp3) is 0.417. The standard InChI is InChI=1S/C12H13F2NO3/c13-9-7(11(17)18)1-2-8(10(9)14)15-5-12(6-16)3-4-12/h1-2,15-16H,3-6H2,(H,17,18). The SMILES string of the molecule is O=C(O)c1ccc(NCC2(CO)CC2)c(F)c1F. The van der Waals surface area contributed by atoms with Gasteiger partial charge in [0, 0.05) is 12.0 Å². The van der Waals surface area contributed by atoms with Crippen molar-refractivity contribution < 1.29 is 23.8 Å². The molecule has 0 radical (unpaired) electrons. The molecule has 1 fully saturated rings. The van der Waals surface area contributed by atoms with Gasteiger partial charge in [-0.25, -0.2) is 13.6 Å². The summed E-state index contributed by atoms with van der Waals surface area (Å²) in [5.41, 5.74) is -1.02. The lowest BCUT2D eigenvalue weighted by Crippen LogP contribution is -2.20. The van der Waals surface area contributed by atoms with E-state index < -0.39 is 23.2 Å². The zero-order chi connectivity index (χ0) is 13.3. The second-order valence-corrected chi connectivity index (χ2v) is 4.61. The van der Waals surface area contributed by atoms with E-state index in [1.165, 1.54) is 6.07 Å². The van der Waals surface area contributed by atoms with Crippen LogP contribution in [0.5, 0.6) is 0 Å². The van der Waals surface area contributed by atoms with Gasteiger partial charge in [-0.15, -0.1) is 0 Å². The van der Waals surface area contributed by atoms with Gasteiger partial charge in [-0.05, 0) is 25.0 Å². The van der Waals surface area contributed by atoms with E-state index in [9.17, 15) is 13.6 Å². The van der Waals surface area contributed by atoms with Crippen LogP contribution in [0.1, 0.15) is 23.2 Å². The normalized spacial score (nSPS) is 16.4. The van der Waals surface area contributed by atoms with Gasteiger partial charge in [-0.3, -0.25) is 0 Å². The maximum atomic E-state index is 13.6. The molecule has 1 saturated carbocycles. The highest BCUT2D eigenvalue weighted by molar-refractivity contribution is 5.88. The number of carboxylic acid groups (broad SMARTS) is 1. The van der Waals surface area contributed by atoms with Crippen molar-refractivity contribution in [1.29, 1.82) is 0 Å². The highest BCUT2D eigenvalue weighted by atomic mass is 19.2. The number of carboxylic acids is 1. The summed E-state index contributed by atoms with van der Waals surface area (Å²) in [7, 11) is 0. The molecule has 1 aliphatic rings. The number of nitrogens with one attached hydrogen (secondary N) is 1. The third kappa shape index (κ3) is 2.28. The Morgan fingerprint density at radius 3 is 2.50 bits per heavy atom. The van der Waals surface area contributed by atoms with E-state index in [0.29, 0.717) is 6.54 Å². The summed E-state index contributed by atoms with van der Waals surface area (Å²) in [6.07, 6.45) is 1.68. The lowest BCUT2D eigenvalue weighted by atomic mass is 10.1. The first kappa shape index (κ1) is 12.8. The van der Waals surface area contributed by atoms with Crippen LogP contribution in [0.3, 0.4) is 0 Å². The van der Waals surface area contributed by atoms with Crippen molar-refractivity contribution in [3.63, 3.8) is 0 Å². The molecule has 3 N–H and O–H groups in total. The minimum Gasteiger partial charge on any atom is -0.478 e. The molecule has 18 heavy (non-hydrogen) atoms. The molecule has 1 aliphatic carbocycles. The lowest BCUT2D eigenvalue weighted by molar-refractivity contribution is 0.0690. The van der Waals surface area contributed by atoms with Gasteiger partial charge in [0.1, 0.15) is 0 Å². The van der Waals surface area contributed by atoms with E-state index in [-0.39, 0.29) is 17.7 Å². The molecule has 0 amide bonds. The smallest absolute Gasteiger partial charge is 0.338 e. The minimum atomic E-state index is -1.51. The lowest BCUT2D eigenvalue weighted by Gasteiger charge is -2.14. The van der Waals surface area contributed by atoms with Crippen LogP contribution in [-0.2, 0) is 0 Å². The second kappa shape index (κ2) is 4.53. The summed E-state index contributed by atoms with van der Waals surface area (Å²) in [5.74, 6) is -4.09. The number of aliphatic hydroxyl groups excluding tert-OH is 1. The zero-order valence-corrected chi connectivity index (χ0v) is 9.54. The van der Waals surface area contributed by atoms with Gasteiger partial charge in [0.15, 0.2) is 11.6 Å². The topological polar surface area (TPSA) is 69.6 Å². The summed E-state index contributed by atoms with van der Waals surface area (Å²) in [6.45, 7) is 0.337. The number of halogens is 2. The molecule has 0 unspecified atom stereocenters. The first-order chi connectivity index (χ1) is 8.49.